The number of benzene rings is 1. The van der Waals surface area contributed by atoms with Crippen molar-refractivity contribution in [1.82, 2.24) is 9.55 Å². The van der Waals surface area contributed by atoms with Gasteiger partial charge in [0.05, 0.1) is 0 Å². The quantitative estimate of drug-likeness (QED) is 0.664. The molecule has 0 saturated carbocycles. The van der Waals surface area contributed by atoms with Crippen LogP contribution in [0.15, 0.2) is 55.1 Å². The lowest BCUT2D eigenvalue weighted by molar-refractivity contribution is 0.0538. The van der Waals surface area contributed by atoms with Crippen LogP contribution < -0.4 is 0 Å². The summed E-state index contributed by atoms with van der Waals surface area (Å²) in [5.74, 6) is 0. The van der Waals surface area contributed by atoms with Crippen molar-refractivity contribution in [3.63, 3.8) is 0 Å². The van der Waals surface area contributed by atoms with E-state index in [0.717, 1.165) is 21.9 Å². The van der Waals surface area contributed by atoms with Crippen LogP contribution in [0.5, 0.6) is 0 Å². The standard InChI is InChI=1S/C18H18N2O2/c1-18(2,3)22-17(21)20-11-15-5-4-14(10-16(15)12-20)13-6-8-19-9-7-13/h4-12H,1-3H3. The minimum atomic E-state index is -0.504. The Labute approximate surface area is 129 Å². The second-order valence-corrected chi connectivity index (χ2v) is 6.23. The van der Waals surface area contributed by atoms with Crippen molar-refractivity contribution in [2.45, 2.75) is 26.4 Å². The monoisotopic (exact) mass is 294 g/mol. The molecule has 0 bridgehead atoms. The number of aromatic nitrogens is 2. The van der Waals surface area contributed by atoms with Gasteiger partial charge in [0.2, 0.25) is 0 Å². The summed E-state index contributed by atoms with van der Waals surface area (Å²) in [6.45, 7) is 5.57. The Hall–Kier alpha value is -2.62. The van der Waals surface area contributed by atoms with E-state index >= 15 is 0 Å². The van der Waals surface area contributed by atoms with Crippen molar-refractivity contribution in [3.8, 4) is 11.1 Å². The number of fused-ring (bicyclic) bond motifs is 1. The van der Waals surface area contributed by atoms with Crippen LogP contribution in [0, 0.1) is 0 Å². The van der Waals surface area contributed by atoms with Gasteiger partial charge in [0.25, 0.3) is 0 Å². The highest BCUT2D eigenvalue weighted by Gasteiger charge is 2.17. The molecular weight excluding hydrogens is 276 g/mol. The van der Waals surface area contributed by atoms with Crippen LogP contribution in [0.1, 0.15) is 20.8 Å². The number of hydrogen-bond donors (Lipinski definition) is 0. The Kier molecular flexibility index (Phi) is 3.45. The van der Waals surface area contributed by atoms with Crippen LogP contribution in [0.4, 0.5) is 4.79 Å². The van der Waals surface area contributed by atoms with Crippen LogP contribution in [-0.2, 0) is 4.74 Å². The van der Waals surface area contributed by atoms with Crippen LogP contribution in [0.25, 0.3) is 21.9 Å². The van der Waals surface area contributed by atoms with E-state index in [0.29, 0.717) is 0 Å². The first kappa shape index (κ1) is 14.3. The number of rotatable bonds is 1. The zero-order valence-electron chi connectivity index (χ0n) is 12.9. The van der Waals surface area contributed by atoms with Gasteiger partial charge < -0.3 is 4.74 Å². The highest BCUT2D eigenvalue weighted by Crippen LogP contribution is 2.25. The molecule has 22 heavy (non-hydrogen) atoms. The van der Waals surface area contributed by atoms with Crippen molar-refractivity contribution in [3.05, 3.63) is 55.1 Å². The van der Waals surface area contributed by atoms with E-state index in [-0.39, 0.29) is 6.09 Å². The second kappa shape index (κ2) is 5.30. The van der Waals surface area contributed by atoms with Crippen molar-refractivity contribution >= 4 is 16.9 Å². The molecule has 4 nitrogen and oxygen atoms in total. The van der Waals surface area contributed by atoms with Crippen molar-refractivity contribution in [2.75, 3.05) is 0 Å². The van der Waals surface area contributed by atoms with E-state index in [9.17, 15) is 4.79 Å². The largest absolute Gasteiger partial charge is 0.443 e. The summed E-state index contributed by atoms with van der Waals surface area (Å²) in [6, 6.07) is 10.0. The van der Waals surface area contributed by atoms with Gasteiger partial charge in [0, 0.05) is 35.6 Å². The lowest BCUT2D eigenvalue weighted by atomic mass is 10.0. The fourth-order valence-corrected chi connectivity index (χ4v) is 2.29. The summed E-state index contributed by atoms with van der Waals surface area (Å²) in [6.07, 6.45) is 6.76. The van der Waals surface area contributed by atoms with Gasteiger partial charge in [-0.25, -0.2) is 4.79 Å². The zero-order valence-corrected chi connectivity index (χ0v) is 12.9. The molecule has 0 N–H and O–H groups in total. The maximum Gasteiger partial charge on any atom is 0.418 e. The normalized spacial score (nSPS) is 11.6. The SMILES string of the molecule is CC(C)(C)OC(=O)n1cc2ccc(-c3ccncc3)cc2c1. The summed E-state index contributed by atoms with van der Waals surface area (Å²) in [7, 11) is 0. The molecule has 2 heterocycles. The molecule has 0 atom stereocenters. The Morgan fingerprint density at radius 1 is 1.00 bits per heavy atom. The van der Waals surface area contributed by atoms with Gasteiger partial charge in [-0.2, -0.15) is 0 Å². The smallest absolute Gasteiger partial charge is 0.418 e. The fraction of sp³-hybridized carbons (Fsp3) is 0.222. The first-order valence-electron chi connectivity index (χ1n) is 7.18. The number of pyridine rings is 1. The topological polar surface area (TPSA) is 44.1 Å². The van der Waals surface area contributed by atoms with E-state index in [2.05, 4.69) is 11.1 Å². The fourth-order valence-electron chi connectivity index (χ4n) is 2.29. The number of carbonyl (C=O) groups excluding carboxylic acids is 1. The second-order valence-electron chi connectivity index (χ2n) is 6.23. The Bertz CT molecular complexity index is 814. The van der Waals surface area contributed by atoms with E-state index in [1.807, 2.05) is 45.0 Å². The molecule has 0 fully saturated rings. The van der Waals surface area contributed by atoms with Gasteiger partial charge in [-0.1, -0.05) is 12.1 Å². The van der Waals surface area contributed by atoms with E-state index in [1.165, 1.54) is 4.57 Å². The molecule has 0 radical (unpaired) electrons. The van der Waals surface area contributed by atoms with Crippen molar-refractivity contribution < 1.29 is 9.53 Å². The number of nitrogens with zero attached hydrogens (tertiary/aromatic N) is 2. The zero-order chi connectivity index (χ0) is 15.7. The van der Waals surface area contributed by atoms with Crippen LogP contribution in [0.2, 0.25) is 0 Å². The number of ether oxygens (including phenoxy) is 1. The molecule has 0 spiro atoms. The molecule has 3 aromatic rings. The average Bonchev–Trinajstić information content (AvgIpc) is 2.89. The molecule has 3 rings (SSSR count). The molecule has 2 aromatic heterocycles. The summed E-state index contributed by atoms with van der Waals surface area (Å²) < 4.78 is 6.88. The van der Waals surface area contributed by atoms with Crippen LogP contribution >= 0.6 is 0 Å². The third kappa shape index (κ3) is 3.01. The van der Waals surface area contributed by atoms with Crippen LogP contribution in [0.3, 0.4) is 0 Å². The minimum absolute atomic E-state index is 0.367. The average molecular weight is 294 g/mol. The maximum absolute atomic E-state index is 12.1. The van der Waals surface area contributed by atoms with E-state index < -0.39 is 5.60 Å². The highest BCUT2D eigenvalue weighted by atomic mass is 16.6. The molecule has 0 amide bonds. The summed E-state index contributed by atoms with van der Waals surface area (Å²) in [5, 5.41) is 2.00. The van der Waals surface area contributed by atoms with Gasteiger partial charge in [0.15, 0.2) is 0 Å². The first-order valence-corrected chi connectivity index (χ1v) is 7.18. The number of hydrogen-bond acceptors (Lipinski definition) is 3. The Balaban J connectivity index is 1.96. The first-order chi connectivity index (χ1) is 10.4. The molecule has 112 valence electrons. The van der Waals surface area contributed by atoms with E-state index in [4.69, 9.17) is 4.74 Å². The van der Waals surface area contributed by atoms with Gasteiger partial charge in [-0.3, -0.25) is 9.55 Å². The lowest BCUT2D eigenvalue weighted by Crippen LogP contribution is -2.26. The molecule has 0 saturated heterocycles. The minimum Gasteiger partial charge on any atom is -0.443 e. The predicted molar refractivity (Wildman–Crippen MR) is 86.8 cm³/mol. The maximum atomic E-state index is 12.1. The van der Waals surface area contributed by atoms with Gasteiger partial charge in [-0.05, 0) is 50.1 Å². The third-order valence-electron chi connectivity index (χ3n) is 3.26. The molecule has 1 aromatic carbocycles. The lowest BCUT2D eigenvalue weighted by Gasteiger charge is -2.19. The summed E-state index contributed by atoms with van der Waals surface area (Å²) in [4.78, 5) is 16.1. The van der Waals surface area contributed by atoms with Gasteiger partial charge >= 0.3 is 6.09 Å². The molecule has 4 heteroatoms. The molecule has 0 aliphatic heterocycles. The predicted octanol–water partition coefficient (Wildman–Crippen LogP) is 4.49. The molecular formula is C18H18N2O2. The molecule has 0 unspecified atom stereocenters. The van der Waals surface area contributed by atoms with Crippen LogP contribution in [-0.4, -0.2) is 21.2 Å². The van der Waals surface area contributed by atoms with E-state index in [1.54, 1.807) is 24.8 Å². The Morgan fingerprint density at radius 2 is 1.68 bits per heavy atom. The molecule has 0 aliphatic rings. The van der Waals surface area contributed by atoms with Crippen molar-refractivity contribution in [1.29, 1.82) is 0 Å². The van der Waals surface area contributed by atoms with Gasteiger partial charge in [0.1, 0.15) is 5.60 Å². The third-order valence-corrected chi connectivity index (χ3v) is 3.26. The summed E-state index contributed by atoms with van der Waals surface area (Å²) >= 11 is 0. The van der Waals surface area contributed by atoms with Crippen molar-refractivity contribution in [2.24, 2.45) is 0 Å². The summed E-state index contributed by atoms with van der Waals surface area (Å²) in [5.41, 5.74) is 1.69. The molecule has 0 aliphatic carbocycles. The number of carbonyl (C=O) groups is 1. The van der Waals surface area contributed by atoms with Gasteiger partial charge in [-0.15, -0.1) is 0 Å². The highest BCUT2D eigenvalue weighted by molar-refractivity contribution is 5.90. The Morgan fingerprint density at radius 3 is 2.36 bits per heavy atom.